The van der Waals surface area contributed by atoms with Crippen molar-refractivity contribution in [1.82, 2.24) is 15.1 Å². The first-order valence-electron chi connectivity index (χ1n) is 6.93. The Morgan fingerprint density at radius 2 is 2.43 bits per heavy atom. The third-order valence-electron chi connectivity index (χ3n) is 3.30. The molecule has 0 saturated heterocycles. The number of hydrogen-bond donors (Lipinski definition) is 2. The minimum absolute atomic E-state index is 0.0289. The number of carbonyl (C=O) groups excluding carboxylic acids is 1. The fourth-order valence-corrected chi connectivity index (χ4v) is 3.83. The number of anilines is 1. The van der Waals surface area contributed by atoms with Crippen LogP contribution in [-0.2, 0) is 11.3 Å². The molecule has 112 valence electrons. The molecule has 1 aliphatic carbocycles. The highest BCUT2D eigenvalue weighted by Gasteiger charge is 2.23. The normalized spacial score (nSPS) is 15.7. The van der Waals surface area contributed by atoms with Crippen LogP contribution in [0.5, 0.6) is 0 Å². The van der Waals surface area contributed by atoms with Crippen molar-refractivity contribution in [2.24, 2.45) is 0 Å². The zero-order valence-corrected chi connectivity index (χ0v) is 14.1. The predicted octanol–water partition coefficient (Wildman–Crippen LogP) is 3.16. The molecule has 0 aliphatic heterocycles. The maximum absolute atomic E-state index is 11.7. The Morgan fingerprint density at radius 1 is 1.62 bits per heavy atom. The molecule has 3 rings (SSSR count). The van der Waals surface area contributed by atoms with E-state index in [9.17, 15) is 4.79 Å². The second-order valence-electron chi connectivity index (χ2n) is 5.27. The first-order valence-corrected chi connectivity index (χ1v) is 8.60. The van der Waals surface area contributed by atoms with Crippen LogP contribution in [0, 0.1) is 0 Å². The summed E-state index contributed by atoms with van der Waals surface area (Å²) in [7, 11) is 0. The zero-order valence-electron chi connectivity index (χ0n) is 11.7. The highest BCUT2D eigenvalue weighted by atomic mass is 79.9. The van der Waals surface area contributed by atoms with Gasteiger partial charge in [0.15, 0.2) is 0 Å². The lowest BCUT2D eigenvalue weighted by Crippen LogP contribution is -2.29. The Balaban J connectivity index is 1.57. The van der Waals surface area contributed by atoms with E-state index in [0.717, 1.165) is 23.0 Å². The minimum atomic E-state index is 0.0289. The molecular formula is C14H17BrN4OS. The van der Waals surface area contributed by atoms with Crippen molar-refractivity contribution >= 4 is 38.9 Å². The van der Waals surface area contributed by atoms with Gasteiger partial charge in [0.1, 0.15) is 6.54 Å². The summed E-state index contributed by atoms with van der Waals surface area (Å²) < 4.78 is 2.78. The SMILES string of the molecule is CC(Nc1cnn(CC(=O)NC2CC2)c1)c1sccc1Br. The molecule has 2 heterocycles. The summed E-state index contributed by atoms with van der Waals surface area (Å²) in [6.45, 7) is 2.38. The molecule has 5 nitrogen and oxygen atoms in total. The number of nitrogens with zero attached hydrogens (tertiary/aromatic N) is 2. The Bertz CT molecular complexity index is 634. The lowest BCUT2D eigenvalue weighted by Gasteiger charge is -2.12. The van der Waals surface area contributed by atoms with E-state index in [1.54, 1.807) is 22.2 Å². The van der Waals surface area contributed by atoms with Crippen LogP contribution in [0.25, 0.3) is 0 Å². The quantitative estimate of drug-likeness (QED) is 0.823. The van der Waals surface area contributed by atoms with E-state index >= 15 is 0 Å². The monoisotopic (exact) mass is 368 g/mol. The van der Waals surface area contributed by atoms with E-state index in [2.05, 4.69) is 44.0 Å². The Kier molecular flexibility index (Phi) is 4.30. The molecule has 1 fully saturated rings. The van der Waals surface area contributed by atoms with E-state index < -0.39 is 0 Å². The molecule has 1 amide bonds. The number of aromatic nitrogens is 2. The fourth-order valence-electron chi connectivity index (χ4n) is 2.10. The van der Waals surface area contributed by atoms with Crippen molar-refractivity contribution in [1.29, 1.82) is 0 Å². The molecular weight excluding hydrogens is 352 g/mol. The largest absolute Gasteiger partial charge is 0.375 e. The van der Waals surface area contributed by atoms with E-state index in [4.69, 9.17) is 0 Å². The van der Waals surface area contributed by atoms with Gasteiger partial charge >= 0.3 is 0 Å². The van der Waals surface area contributed by atoms with Gasteiger partial charge in [-0.2, -0.15) is 5.10 Å². The van der Waals surface area contributed by atoms with E-state index in [-0.39, 0.29) is 18.5 Å². The minimum Gasteiger partial charge on any atom is -0.375 e. The van der Waals surface area contributed by atoms with Gasteiger partial charge in [0.2, 0.25) is 5.91 Å². The third-order valence-corrected chi connectivity index (χ3v) is 5.36. The van der Waals surface area contributed by atoms with E-state index in [1.807, 2.05) is 12.3 Å². The van der Waals surface area contributed by atoms with Gasteiger partial charge in [0.25, 0.3) is 0 Å². The third kappa shape index (κ3) is 3.85. The smallest absolute Gasteiger partial charge is 0.241 e. The van der Waals surface area contributed by atoms with Gasteiger partial charge in [-0.25, -0.2) is 0 Å². The first kappa shape index (κ1) is 14.6. The summed E-state index contributed by atoms with van der Waals surface area (Å²) in [5.41, 5.74) is 0.919. The zero-order chi connectivity index (χ0) is 14.8. The van der Waals surface area contributed by atoms with Crippen molar-refractivity contribution in [3.63, 3.8) is 0 Å². The van der Waals surface area contributed by atoms with Gasteiger partial charge < -0.3 is 10.6 Å². The standard InChI is InChI=1S/C14H17BrN4OS/c1-9(14-12(15)4-5-21-14)17-11-6-16-19(7-11)8-13(20)18-10-2-3-10/h4-7,9-10,17H,2-3,8H2,1H3,(H,18,20). The molecule has 0 radical (unpaired) electrons. The van der Waals surface area contributed by atoms with Crippen molar-refractivity contribution < 1.29 is 4.79 Å². The molecule has 0 spiro atoms. The molecule has 1 aliphatic rings. The van der Waals surface area contributed by atoms with Crippen LogP contribution in [0.4, 0.5) is 5.69 Å². The maximum Gasteiger partial charge on any atom is 0.241 e. The van der Waals surface area contributed by atoms with Gasteiger partial charge in [-0.15, -0.1) is 11.3 Å². The molecule has 1 saturated carbocycles. The van der Waals surface area contributed by atoms with Gasteiger partial charge in [-0.05, 0) is 47.1 Å². The van der Waals surface area contributed by atoms with Crippen LogP contribution >= 0.6 is 27.3 Å². The number of carbonyl (C=O) groups is 1. The van der Waals surface area contributed by atoms with Crippen LogP contribution in [0.1, 0.15) is 30.7 Å². The molecule has 21 heavy (non-hydrogen) atoms. The number of hydrogen-bond acceptors (Lipinski definition) is 4. The average molecular weight is 369 g/mol. The summed E-state index contributed by atoms with van der Waals surface area (Å²) in [4.78, 5) is 13.0. The Morgan fingerprint density at radius 3 is 3.10 bits per heavy atom. The second-order valence-corrected chi connectivity index (χ2v) is 7.07. The highest BCUT2D eigenvalue weighted by molar-refractivity contribution is 9.10. The van der Waals surface area contributed by atoms with Gasteiger partial charge in [-0.3, -0.25) is 9.48 Å². The van der Waals surface area contributed by atoms with Crippen molar-refractivity contribution in [2.45, 2.75) is 38.4 Å². The second kappa shape index (κ2) is 6.19. The molecule has 2 aromatic rings. The summed E-state index contributed by atoms with van der Waals surface area (Å²) >= 11 is 5.25. The average Bonchev–Trinajstić information content (AvgIpc) is 2.95. The van der Waals surface area contributed by atoms with E-state index in [0.29, 0.717) is 6.04 Å². The lowest BCUT2D eigenvalue weighted by atomic mass is 10.2. The summed E-state index contributed by atoms with van der Waals surface area (Å²) in [6, 6.07) is 2.63. The molecule has 2 N–H and O–H groups in total. The molecule has 7 heteroatoms. The van der Waals surface area contributed by atoms with Crippen molar-refractivity contribution in [2.75, 3.05) is 5.32 Å². The fraction of sp³-hybridized carbons (Fsp3) is 0.429. The Hall–Kier alpha value is -1.34. The van der Waals surface area contributed by atoms with Gasteiger partial charge in [0.05, 0.1) is 17.9 Å². The lowest BCUT2D eigenvalue weighted by molar-refractivity contribution is -0.122. The highest BCUT2D eigenvalue weighted by Crippen LogP contribution is 2.30. The van der Waals surface area contributed by atoms with Gasteiger partial charge in [-0.1, -0.05) is 0 Å². The van der Waals surface area contributed by atoms with Crippen LogP contribution < -0.4 is 10.6 Å². The summed E-state index contributed by atoms with van der Waals surface area (Å²) in [6.07, 6.45) is 5.82. The number of nitrogens with one attached hydrogen (secondary N) is 2. The number of rotatable bonds is 6. The summed E-state index contributed by atoms with van der Waals surface area (Å²) in [5, 5.41) is 12.6. The van der Waals surface area contributed by atoms with Crippen LogP contribution in [0.2, 0.25) is 0 Å². The van der Waals surface area contributed by atoms with Crippen LogP contribution in [0.15, 0.2) is 28.3 Å². The maximum atomic E-state index is 11.7. The van der Waals surface area contributed by atoms with Crippen LogP contribution in [-0.4, -0.2) is 21.7 Å². The van der Waals surface area contributed by atoms with Crippen LogP contribution in [0.3, 0.4) is 0 Å². The molecule has 0 bridgehead atoms. The number of thiophene rings is 1. The Labute approximate surface area is 135 Å². The topological polar surface area (TPSA) is 59.0 Å². The number of amides is 1. The molecule has 2 aromatic heterocycles. The number of halogens is 1. The first-order chi connectivity index (χ1) is 10.1. The van der Waals surface area contributed by atoms with Crippen molar-refractivity contribution in [3.05, 3.63) is 33.2 Å². The van der Waals surface area contributed by atoms with Crippen molar-refractivity contribution in [3.8, 4) is 0 Å². The predicted molar refractivity (Wildman–Crippen MR) is 87.4 cm³/mol. The molecule has 1 unspecified atom stereocenters. The van der Waals surface area contributed by atoms with E-state index in [1.165, 1.54) is 4.88 Å². The van der Waals surface area contributed by atoms with Gasteiger partial charge in [0, 0.05) is 21.6 Å². The summed E-state index contributed by atoms with van der Waals surface area (Å²) in [5.74, 6) is 0.0289. The molecule has 1 atom stereocenters. The molecule has 0 aromatic carbocycles.